The van der Waals surface area contributed by atoms with Crippen LogP contribution in [0.25, 0.3) is 16.6 Å². The van der Waals surface area contributed by atoms with Gasteiger partial charge in [0, 0.05) is 30.9 Å². The number of anilines is 2. The van der Waals surface area contributed by atoms with Gasteiger partial charge in [-0.3, -0.25) is 4.79 Å². The Morgan fingerprint density at radius 3 is 2.76 bits per heavy atom. The van der Waals surface area contributed by atoms with Crippen LogP contribution in [0.3, 0.4) is 0 Å². The SMILES string of the molecule is COc1nc(N[C@H]2CCN(C(=O)CO)C[C@H]2C)nn2ccc(-c3ccc(N=N)c(N[C@@H](C)C(F)(F)F)c3)c12. The van der Waals surface area contributed by atoms with E-state index >= 15 is 0 Å². The number of aromatic nitrogens is 3. The molecule has 3 aromatic rings. The molecule has 4 rings (SSSR count). The molecule has 11 nitrogen and oxygen atoms in total. The molecule has 1 aliphatic rings. The number of hydrogen-bond donors (Lipinski definition) is 4. The second kappa shape index (κ2) is 10.8. The molecule has 1 fully saturated rings. The fraction of sp³-hybridized carbons (Fsp3) is 0.458. The molecule has 3 atom stereocenters. The Labute approximate surface area is 216 Å². The number of piperidine rings is 1. The molecular weight excluding hydrogens is 505 g/mol. The number of methoxy groups -OCH3 is 1. The summed E-state index contributed by atoms with van der Waals surface area (Å²) in [6, 6.07) is 4.52. The van der Waals surface area contributed by atoms with Crippen LogP contribution in [0, 0.1) is 11.4 Å². The summed E-state index contributed by atoms with van der Waals surface area (Å²) in [6.07, 6.45) is -2.13. The Morgan fingerprint density at radius 2 is 2.13 bits per heavy atom. The first-order chi connectivity index (χ1) is 18.0. The summed E-state index contributed by atoms with van der Waals surface area (Å²) in [5, 5.41) is 22.7. The van der Waals surface area contributed by atoms with E-state index < -0.39 is 18.8 Å². The molecule has 0 spiro atoms. The Morgan fingerprint density at radius 1 is 1.37 bits per heavy atom. The molecule has 1 amide bonds. The smallest absolute Gasteiger partial charge is 0.408 e. The van der Waals surface area contributed by atoms with E-state index in [0.717, 1.165) is 6.92 Å². The predicted molar refractivity (Wildman–Crippen MR) is 134 cm³/mol. The van der Waals surface area contributed by atoms with E-state index in [1.165, 1.54) is 19.2 Å². The summed E-state index contributed by atoms with van der Waals surface area (Å²) in [6.45, 7) is 3.47. The molecule has 1 saturated heterocycles. The number of halogens is 3. The molecule has 14 heteroatoms. The van der Waals surface area contributed by atoms with Gasteiger partial charge in [-0.25, -0.2) is 10.0 Å². The van der Waals surface area contributed by atoms with Crippen LogP contribution in [0.1, 0.15) is 20.3 Å². The molecule has 1 aromatic carbocycles. The summed E-state index contributed by atoms with van der Waals surface area (Å²) in [5.74, 6) is 0.358. The van der Waals surface area contributed by atoms with E-state index in [4.69, 9.17) is 15.4 Å². The number of likely N-dealkylation sites (tertiary alicyclic amines) is 1. The summed E-state index contributed by atoms with van der Waals surface area (Å²) in [7, 11) is 1.46. The van der Waals surface area contributed by atoms with Crippen LogP contribution in [-0.4, -0.2) is 75.6 Å². The topological polar surface area (TPSA) is 140 Å². The van der Waals surface area contributed by atoms with Gasteiger partial charge < -0.3 is 25.4 Å². The third-order valence-corrected chi connectivity index (χ3v) is 6.67. The lowest BCUT2D eigenvalue weighted by Gasteiger charge is -2.37. The van der Waals surface area contributed by atoms with Crippen LogP contribution in [0.4, 0.5) is 30.5 Å². The maximum Gasteiger partial charge on any atom is 0.408 e. The van der Waals surface area contributed by atoms with Crippen molar-refractivity contribution in [3.8, 4) is 17.0 Å². The van der Waals surface area contributed by atoms with Gasteiger partial charge in [0.2, 0.25) is 17.7 Å². The van der Waals surface area contributed by atoms with Gasteiger partial charge in [0.15, 0.2) is 0 Å². The Bertz CT molecular complexity index is 1330. The van der Waals surface area contributed by atoms with E-state index in [1.54, 1.807) is 27.7 Å². The maximum absolute atomic E-state index is 13.1. The fourth-order valence-electron chi connectivity index (χ4n) is 4.51. The Kier molecular flexibility index (Phi) is 7.71. The number of carbonyl (C=O) groups excluding carboxylic acids is 1. The summed E-state index contributed by atoms with van der Waals surface area (Å²) in [4.78, 5) is 18.0. The van der Waals surface area contributed by atoms with Crippen LogP contribution in [-0.2, 0) is 4.79 Å². The van der Waals surface area contributed by atoms with Crippen LogP contribution in [0.2, 0.25) is 0 Å². The summed E-state index contributed by atoms with van der Waals surface area (Å²) < 4.78 is 46.6. The van der Waals surface area contributed by atoms with Gasteiger partial charge in [0.05, 0.1) is 12.8 Å². The van der Waals surface area contributed by atoms with Crippen molar-refractivity contribution in [2.24, 2.45) is 11.0 Å². The van der Waals surface area contributed by atoms with E-state index in [1.807, 2.05) is 6.92 Å². The molecule has 0 radical (unpaired) electrons. The average molecular weight is 535 g/mol. The number of ether oxygens (including phenoxy) is 1. The molecule has 0 bridgehead atoms. The van der Waals surface area contributed by atoms with Gasteiger partial charge in [0.1, 0.15) is 23.9 Å². The van der Waals surface area contributed by atoms with E-state index in [0.29, 0.717) is 42.1 Å². The first-order valence-electron chi connectivity index (χ1n) is 12.0. The van der Waals surface area contributed by atoms with Crippen molar-refractivity contribution in [3.63, 3.8) is 0 Å². The monoisotopic (exact) mass is 534 g/mol. The molecule has 0 unspecified atom stereocenters. The van der Waals surface area contributed by atoms with Gasteiger partial charge in [-0.05, 0) is 43.0 Å². The standard InChI is InChI=1S/C24H29F3N8O3/c1-13-11-34(20(37)12-36)8-7-17(13)30-23-31-22(38-3)21-16(6-9-35(21)33-23)15-4-5-18(32-28)19(10-15)29-14(2)24(25,26)27/h4-6,9-10,13-14,17,28-29,36H,7-8,11-12H2,1-3H3,(H,30,33)/t13-,14+,17+/m1/s1. The van der Waals surface area contributed by atoms with Gasteiger partial charge in [0.25, 0.3) is 0 Å². The summed E-state index contributed by atoms with van der Waals surface area (Å²) >= 11 is 0. The van der Waals surface area contributed by atoms with E-state index in [2.05, 4.69) is 25.8 Å². The van der Waals surface area contributed by atoms with Crippen molar-refractivity contribution in [2.75, 3.05) is 37.4 Å². The lowest BCUT2D eigenvalue weighted by molar-refractivity contribution is -0.138. The first-order valence-corrected chi connectivity index (χ1v) is 12.0. The second-order valence-corrected chi connectivity index (χ2v) is 9.23. The van der Waals surface area contributed by atoms with Crippen LogP contribution < -0.4 is 15.4 Å². The van der Waals surface area contributed by atoms with Crippen molar-refractivity contribution in [3.05, 3.63) is 30.5 Å². The quantitative estimate of drug-likeness (QED) is 0.319. The minimum absolute atomic E-state index is 0.0136. The fourth-order valence-corrected chi connectivity index (χ4v) is 4.51. The maximum atomic E-state index is 13.1. The molecule has 2 aromatic heterocycles. The number of benzene rings is 1. The normalized spacial score (nSPS) is 18.8. The van der Waals surface area contributed by atoms with Crippen LogP contribution >= 0.6 is 0 Å². The number of alkyl halides is 3. The number of aliphatic hydroxyl groups is 1. The van der Waals surface area contributed by atoms with Gasteiger partial charge in [-0.2, -0.15) is 23.3 Å². The lowest BCUT2D eigenvalue weighted by Crippen LogP contribution is -2.48. The molecular formula is C24H29F3N8O3. The number of fused-ring (bicyclic) bond motifs is 1. The minimum atomic E-state index is -4.47. The molecule has 0 saturated carbocycles. The zero-order valence-electron chi connectivity index (χ0n) is 21.1. The molecule has 3 heterocycles. The number of rotatable bonds is 8. The van der Waals surface area contributed by atoms with Gasteiger partial charge in [-0.1, -0.05) is 13.0 Å². The van der Waals surface area contributed by atoms with E-state index in [9.17, 15) is 18.0 Å². The number of amides is 1. The summed E-state index contributed by atoms with van der Waals surface area (Å²) in [5.41, 5.74) is 9.17. The number of carbonyl (C=O) groups is 1. The van der Waals surface area contributed by atoms with Crippen LogP contribution in [0.15, 0.2) is 35.6 Å². The third kappa shape index (κ3) is 5.49. The van der Waals surface area contributed by atoms with Gasteiger partial charge in [-0.15, -0.1) is 5.10 Å². The highest BCUT2D eigenvalue weighted by atomic mass is 19.4. The molecule has 1 aliphatic heterocycles. The van der Waals surface area contributed by atoms with Crippen LogP contribution in [0.5, 0.6) is 5.88 Å². The average Bonchev–Trinajstić information content (AvgIpc) is 3.32. The molecule has 204 valence electrons. The highest BCUT2D eigenvalue weighted by Gasteiger charge is 2.36. The van der Waals surface area contributed by atoms with Crippen molar-refractivity contribution in [2.45, 2.75) is 38.5 Å². The Balaban J connectivity index is 1.63. The van der Waals surface area contributed by atoms with Crippen molar-refractivity contribution in [1.82, 2.24) is 19.5 Å². The zero-order valence-corrected chi connectivity index (χ0v) is 21.1. The minimum Gasteiger partial charge on any atom is -0.479 e. The highest BCUT2D eigenvalue weighted by Crippen LogP contribution is 2.37. The van der Waals surface area contributed by atoms with E-state index in [-0.39, 0.29) is 35.1 Å². The predicted octanol–water partition coefficient (Wildman–Crippen LogP) is 4.07. The first kappa shape index (κ1) is 27.1. The second-order valence-electron chi connectivity index (χ2n) is 9.23. The number of hydrogen-bond acceptors (Lipinski definition) is 9. The van der Waals surface area contributed by atoms with Crippen molar-refractivity contribution in [1.29, 1.82) is 5.53 Å². The number of nitrogens with zero attached hydrogens (tertiary/aromatic N) is 5. The van der Waals surface area contributed by atoms with Crippen molar-refractivity contribution >= 4 is 28.7 Å². The third-order valence-electron chi connectivity index (χ3n) is 6.67. The number of aliphatic hydroxyl groups excluding tert-OH is 1. The molecule has 4 N–H and O–H groups in total. The van der Waals surface area contributed by atoms with Crippen molar-refractivity contribution < 1.29 is 27.8 Å². The molecule has 0 aliphatic carbocycles. The lowest BCUT2D eigenvalue weighted by atomic mass is 9.94. The largest absolute Gasteiger partial charge is 0.479 e. The highest BCUT2D eigenvalue weighted by molar-refractivity contribution is 5.87. The number of nitrogens with one attached hydrogen (secondary N) is 3. The van der Waals surface area contributed by atoms with Gasteiger partial charge >= 0.3 is 6.18 Å². The zero-order chi connectivity index (χ0) is 27.6. The molecule has 38 heavy (non-hydrogen) atoms. The Hall–Kier alpha value is -3.94.